The van der Waals surface area contributed by atoms with Crippen molar-refractivity contribution in [3.05, 3.63) is 54.0 Å². The van der Waals surface area contributed by atoms with Gasteiger partial charge in [-0.05, 0) is 24.3 Å². The maximum atomic E-state index is 13.3. The Kier molecular flexibility index (Phi) is 5.07. The highest BCUT2D eigenvalue weighted by molar-refractivity contribution is 5.92. The number of anilines is 1. The van der Waals surface area contributed by atoms with Crippen LogP contribution in [0, 0.1) is 11.6 Å². The van der Waals surface area contributed by atoms with Crippen LogP contribution in [0.5, 0.6) is 0 Å². The van der Waals surface area contributed by atoms with Gasteiger partial charge in [-0.2, -0.15) is 0 Å². The molecule has 0 fully saturated rings. The lowest BCUT2D eigenvalue weighted by atomic mass is 10.3. The molecule has 0 spiro atoms. The molecule has 1 aromatic heterocycles. The number of halogens is 2. The van der Waals surface area contributed by atoms with Gasteiger partial charge in [0.25, 0.3) is 0 Å². The van der Waals surface area contributed by atoms with Crippen LogP contribution in [-0.2, 0) is 11.3 Å². The number of furan rings is 1. The van der Waals surface area contributed by atoms with Gasteiger partial charge >= 0.3 is 6.03 Å². The van der Waals surface area contributed by atoms with Gasteiger partial charge in [0.05, 0.1) is 25.0 Å². The topological polar surface area (TPSA) is 83.4 Å². The number of carbonyl (C=O) groups is 2. The van der Waals surface area contributed by atoms with Gasteiger partial charge < -0.3 is 20.4 Å². The molecule has 3 N–H and O–H groups in total. The number of carbonyl (C=O) groups excluding carboxylic acids is 2. The Morgan fingerprint density at radius 3 is 2.64 bits per heavy atom. The molecule has 0 radical (unpaired) electrons. The van der Waals surface area contributed by atoms with Gasteiger partial charge in [0, 0.05) is 6.07 Å². The van der Waals surface area contributed by atoms with Crippen molar-refractivity contribution in [1.29, 1.82) is 0 Å². The third kappa shape index (κ3) is 4.58. The third-order valence-electron chi connectivity index (χ3n) is 2.63. The van der Waals surface area contributed by atoms with E-state index in [-0.39, 0.29) is 18.8 Å². The van der Waals surface area contributed by atoms with Crippen molar-refractivity contribution in [2.75, 3.05) is 11.9 Å². The van der Waals surface area contributed by atoms with Gasteiger partial charge in [-0.15, -0.1) is 0 Å². The zero-order chi connectivity index (χ0) is 15.9. The molecule has 8 heteroatoms. The average molecular weight is 309 g/mol. The summed E-state index contributed by atoms with van der Waals surface area (Å²) in [7, 11) is 0. The van der Waals surface area contributed by atoms with Gasteiger partial charge in [0.15, 0.2) is 0 Å². The Hall–Kier alpha value is -2.90. The standard InChI is InChI=1S/C14H13F2N3O3/c15-9-3-4-12(11(16)6-9)19-14(21)18-8-13(20)17-7-10-2-1-5-22-10/h1-6H,7-8H2,(H,17,20)(H2,18,19,21). The lowest BCUT2D eigenvalue weighted by Gasteiger charge is -2.08. The second-order valence-electron chi connectivity index (χ2n) is 4.29. The first kappa shape index (κ1) is 15.5. The van der Waals surface area contributed by atoms with Crippen LogP contribution in [0.4, 0.5) is 19.3 Å². The molecule has 0 saturated carbocycles. The summed E-state index contributed by atoms with van der Waals surface area (Å²) in [4.78, 5) is 23.0. The van der Waals surface area contributed by atoms with E-state index >= 15 is 0 Å². The average Bonchev–Trinajstić information content (AvgIpc) is 2.99. The fourth-order valence-electron chi connectivity index (χ4n) is 1.58. The summed E-state index contributed by atoms with van der Waals surface area (Å²) in [5, 5.41) is 6.95. The zero-order valence-electron chi connectivity index (χ0n) is 11.4. The fraction of sp³-hybridized carbons (Fsp3) is 0.143. The zero-order valence-corrected chi connectivity index (χ0v) is 11.4. The van der Waals surface area contributed by atoms with Crippen LogP contribution in [0.3, 0.4) is 0 Å². The van der Waals surface area contributed by atoms with Crippen molar-refractivity contribution in [3.8, 4) is 0 Å². The molecule has 0 aliphatic rings. The highest BCUT2D eigenvalue weighted by Crippen LogP contribution is 2.14. The molecule has 0 atom stereocenters. The highest BCUT2D eigenvalue weighted by atomic mass is 19.1. The lowest BCUT2D eigenvalue weighted by molar-refractivity contribution is -0.120. The lowest BCUT2D eigenvalue weighted by Crippen LogP contribution is -2.38. The minimum atomic E-state index is -0.905. The number of hydrogen-bond donors (Lipinski definition) is 3. The number of benzene rings is 1. The summed E-state index contributed by atoms with van der Waals surface area (Å²) in [6, 6.07) is 5.34. The predicted octanol–water partition coefficient (Wildman–Crippen LogP) is 2.00. The maximum Gasteiger partial charge on any atom is 0.319 e. The van der Waals surface area contributed by atoms with Gasteiger partial charge in [-0.25, -0.2) is 13.6 Å². The van der Waals surface area contributed by atoms with Crippen molar-refractivity contribution in [2.24, 2.45) is 0 Å². The molecule has 2 aromatic rings. The van der Waals surface area contributed by atoms with Gasteiger partial charge in [-0.3, -0.25) is 4.79 Å². The van der Waals surface area contributed by atoms with E-state index in [9.17, 15) is 18.4 Å². The van der Waals surface area contributed by atoms with Crippen LogP contribution in [0.15, 0.2) is 41.0 Å². The molecule has 3 amide bonds. The molecule has 116 valence electrons. The fourth-order valence-corrected chi connectivity index (χ4v) is 1.58. The normalized spacial score (nSPS) is 10.1. The summed E-state index contributed by atoms with van der Waals surface area (Å²) in [5.74, 6) is -1.52. The molecule has 0 aliphatic heterocycles. The van der Waals surface area contributed by atoms with Crippen LogP contribution in [0.1, 0.15) is 5.76 Å². The first-order valence-corrected chi connectivity index (χ1v) is 6.33. The van der Waals surface area contributed by atoms with Crippen LogP contribution >= 0.6 is 0 Å². The minimum Gasteiger partial charge on any atom is -0.467 e. The van der Waals surface area contributed by atoms with E-state index in [1.54, 1.807) is 12.1 Å². The summed E-state index contributed by atoms with van der Waals surface area (Å²) in [6.07, 6.45) is 1.48. The molecule has 0 saturated heterocycles. The number of hydrogen-bond acceptors (Lipinski definition) is 3. The van der Waals surface area contributed by atoms with E-state index in [2.05, 4.69) is 16.0 Å². The van der Waals surface area contributed by atoms with E-state index in [0.717, 1.165) is 12.1 Å². The van der Waals surface area contributed by atoms with Crippen molar-refractivity contribution in [3.63, 3.8) is 0 Å². The Morgan fingerprint density at radius 2 is 1.95 bits per heavy atom. The summed E-state index contributed by atoms with van der Waals surface area (Å²) < 4.78 is 31.1. The van der Waals surface area contributed by atoms with Crippen LogP contribution in [0.2, 0.25) is 0 Å². The Morgan fingerprint density at radius 1 is 1.14 bits per heavy atom. The molecular weight excluding hydrogens is 296 g/mol. The third-order valence-corrected chi connectivity index (χ3v) is 2.63. The highest BCUT2D eigenvalue weighted by Gasteiger charge is 2.09. The molecule has 1 aromatic carbocycles. The smallest absolute Gasteiger partial charge is 0.319 e. The first-order valence-electron chi connectivity index (χ1n) is 6.33. The van der Waals surface area contributed by atoms with Crippen molar-refractivity contribution in [1.82, 2.24) is 10.6 Å². The molecule has 0 unspecified atom stereocenters. The number of urea groups is 1. The number of nitrogens with one attached hydrogen (secondary N) is 3. The monoisotopic (exact) mass is 309 g/mol. The number of amides is 3. The first-order chi connectivity index (χ1) is 10.5. The largest absolute Gasteiger partial charge is 0.467 e. The predicted molar refractivity (Wildman–Crippen MR) is 73.9 cm³/mol. The quantitative estimate of drug-likeness (QED) is 0.790. The Bertz CT molecular complexity index is 659. The second kappa shape index (κ2) is 7.21. The summed E-state index contributed by atoms with van der Waals surface area (Å²) in [6.45, 7) is -0.100. The summed E-state index contributed by atoms with van der Waals surface area (Å²) in [5.41, 5.74) is -0.185. The Balaban J connectivity index is 1.74. The maximum absolute atomic E-state index is 13.3. The molecule has 0 aliphatic carbocycles. The van der Waals surface area contributed by atoms with Crippen LogP contribution < -0.4 is 16.0 Å². The van der Waals surface area contributed by atoms with E-state index in [1.807, 2.05) is 0 Å². The Labute approximate surface area is 124 Å². The van der Waals surface area contributed by atoms with Crippen molar-refractivity contribution < 1.29 is 22.8 Å². The molecule has 6 nitrogen and oxygen atoms in total. The molecule has 1 heterocycles. The SMILES string of the molecule is O=C(CNC(=O)Nc1ccc(F)cc1F)NCc1ccco1. The summed E-state index contributed by atoms with van der Waals surface area (Å²) >= 11 is 0. The van der Waals surface area contributed by atoms with E-state index in [4.69, 9.17) is 4.42 Å². The molecule has 2 rings (SSSR count). The van der Waals surface area contributed by atoms with E-state index in [1.165, 1.54) is 6.26 Å². The van der Waals surface area contributed by atoms with E-state index < -0.39 is 23.6 Å². The molecule has 0 bridgehead atoms. The molecular formula is C14H13F2N3O3. The van der Waals surface area contributed by atoms with Crippen LogP contribution in [-0.4, -0.2) is 18.5 Å². The van der Waals surface area contributed by atoms with Gasteiger partial charge in [0.1, 0.15) is 17.4 Å². The van der Waals surface area contributed by atoms with Gasteiger partial charge in [-0.1, -0.05) is 0 Å². The van der Waals surface area contributed by atoms with Crippen molar-refractivity contribution >= 4 is 17.6 Å². The van der Waals surface area contributed by atoms with Crippen LogP contribution in [0.25, 0.3) is 0 Å². The molecule has 22 heavy (non-hydrogen) atoms. The number of rotatable bonds is 5. The minimum absolute atomic E-state index is 0.185. The van der Waals surface area contributed by atoms with Crippen molar-refractivity contribution in [2.45, 2.75) is 6.54 Å². The second-order valence-corrected chi connectivity index (χ2v) is 4.29. The van der Waals surface area contributed by atoms with Gasteiger partial charge in [0.2, 0.25) is 5.91 Å². The van der Waals surface area contributed by atoms with E-state index in [0.29, 0.717) is 11.8 Å².